The normalized spacial score (nSPS) is 10.9. The molecule has 0 aliphatic carbocycles. The minimum absolute atomic E-state index is 0.849. The predicted molar refractivity (Wildman–Crippen MR) is 214 cm³/mol. The molecule has 0 spiro atoms. The summed E-state index contributed by atoms with van der Waals surface area (Å²) in [6.07, 6.45) is 55.8. The SMILES string of the molecule is C=COCCCCCCCCCCCCCCCCCCCC.C=COCCCCCCCCCCCCCCCCCCCCC. The zero-order chi connectivity index (χ0) is 34.4. The number of ether oxygens (including phenoxy) is 2. The van der Waals surface area contributed by atoms with Crippen molar-refractivity contribution in [3.8, 4) is 0 Å². The first-order chi connectivity index (χ1) is 23.3. The molecule has 0 unspecified atom stereocenters. The largest absolute Gasteiger partial charge is 0.502 e. The van der Waals surface area contributed by atoms with Gasteiger partial charge >= 0.3 is 0 Å². The highest BCUT2D eigenvalue weighted by atomic mass is 16.5. The number of unbranched alkanes of at least 4 members (excludes halogenated alkanes) is 35. The van der Waals surface area contributed by atoms with E-state index >= 15 is 0 Å². The molecule has 0 aromatic carbocycles. The molecule has 0 amide bonds. The molecule has 2 nitrogen and oxygen atoms in total. The van der Waals surface area contributed by atoms with E-state index in [1.54, 1.807) is 12.5 Å². The lowest BCUT2D eigenvalue weighted by Gasteiger charge is -2.04. The average molecular weight is 663 g/mol. The fourth-order valence-corrected chi connectivity index (χ4v) is 6.52. The van der Waals surface area contributed by atoms with Gasteiger partial charge in [0.25, 0.3) is 0 Å². The van der Waals surface area contributed by atoms with Gasteiger partial charge < -0.3 is 9.47 Å². The van der Waals surface area contributed by atoms with Crippen molar-refractivity contribution < 1.29 is 9.47 Å². The maximum absolute atomic E-state index is 5.13. The quantitative estimate of drug-likeness (QED) is 0.0479. The zero-order valence-electron chi connectivity index (χ0n) is 33.0. The highest BCUT2D eigenvalue weighted by molar-refractivity contribution is 4.54. The molecule has 0 bridgehead atoms. The van der Waals surface area contributed by atoms with Crippen molar-refractivity contribution in [2.45, 2.75) is 251 Å². The van der Waals surface area contributed by atoms with Crippen molar-refractivity contribution in [2.75, 3.05) is 13.2 Å². The summed E-state index contributed by atoms with van der Waals surface area (Å²) >= 11 is 0. The second-order valence-electron chi connectivity index (χ2n) is 14.4. The molecule has 0 aliphatic rings. The number of rotatable bonds is 41. The number of hydrogen-bond donors (Lipinski definition) is 0. The van der Waals surface area contributed by atoms with E-state index in [2.05, 4.69) is 27.0 Å². The van der Waals surface area contributed by atoms with Crippen molar-refractivity contribution in [3.63, 3.8) is 0 Å². The molecule has 0 radical (unpaired) electrons. The van der Waals surface area contributed by atoms with Gasteiger partial charge in [0.05, 0.1) is 25.7 Å². The van der Waals surface area contributed by atoms with Gasteiger partial charge in [-0.2, -0.15) is 0 Å². The molecular weight excluding hydrogens is 572 g/mol. The Morgan fingerprint density at radius 1 is 0.255 bits per heavy atom. The summed E-state index contributed by atoms with van der Waals surface area (Å²) in [5, 5.41) is 0. The van der Waals surface area contributed by atoms with Crippen LogP contribution in [-0.4, -0.2) is 13.2 Å². The van der Waals surface area contributed by atoms with Gasteiger partial charge in [-0.05, 0) is 12.8 Å². The van der Waals surface area contributed by atoms with Gasteiger partial charge in [-0.1, -0.05) is 252 Å². The Morgan fingerprint density at radius 3 is 0.553 bits per heavy atom. The van der Waals surface area contributed by atoms with Crippen LogP contribution in [0.25, 0.3) is 0 Å². The summed E-state index contributed by atoms with van der Waals surface area (Å²) in [7, 11) is 0. The molecular formula is C45H90O2. The molecule has 2 heteroatoms. The molecule has 0 fully saturated rings. The van der Waals surface area contributed by atoms with E-state index in [4.69, 9.17) is 9.47 Å². The lowest BCUT2D eigenvalue weighted by atomic mass is 10.0. The molecule has 0 saturated heterocycles. The molecule has 0 saturated carbocycles. The highest BCUT2D eigenvalue weighted by Crippen LogP contribution is 2.16. The number of hydrogen-bond acceptors (Lipinski definition) is 2. The van der Waals surface area contributed by atoms with Gasteiger partial charge in [0.1, 0.15) is 0 Å². The Kier molecular flexibility index (Phi) is 50.7. The van der Waals surface area contributed by atoms with Crippen molar-refractivity contribution in [1.82, 2.24) is 0 Å². The van der Waals surface area contributed by atoms with Crippen LogP contribution in [0.2, 0.25) is 0 Å². The fourth-order valence-electron chi connectivity index (χ4n) is 6.52. The van der Waals surface area contributed by atoms with Crippen LogP contribution >= 0.6 is 0 Å². The Hall–Kier alpha value is -0.920. The summed E-state index contributed by atoms with van der Waals surface area (Å²) in [5.74, 6) is 0. The summed E-state index contributed by atoms with van der Waals surface area (Å²) in [6, 6.07) is 0. The minimum atomic E-state index is 0.849. The molecule has 0 N–H and O–H groups in total. The summed E-state index contributed by atoms with van der Waals surface area (Å²) in [4.78, 5) is 0. The summed E-state index contributed by atoms with van der Waals surface area (Å²) < 4.78 is 10.3. The zero-order valence-corrected chi connectivity index (χ0v) is 33.0. The van der Waals surface area contributed by atoms with Crippen LogP contribution in [0.1, 0.15) is 251 Å². The molecule has 47 heavy (non-hydrogen) atoms. The van der Waals surface area contributed by atoms with Crippen molar-refractivity contribution in [1.29, 1.82) is 0 Å². The van der Waals surface area contributed by atoms with E-state index < -0.39 is 0 Å². The molecule has 0 atom stereocenters. The van der Waals surface area contributed by atoms with E-state index in [1.165, 1.54) is 238 Å². The topological polar surface area (TPSA) is 18.5 Å². The first kappa shape index (κ1) is 48.2. The Balaban J connectivity index is 0. The smallest absolute Gasteiger partial charge is 0.0873 e. The molecule has 0 rings (SSSR count). The van der Waals surface area contributed by atoms with Crippen LogP contribution in [-0.2, 0) is 9.47 Å². The third-order valence-corrected chi connectivity index (χ3v) is 9.72. The maximum Gasteiger partial charge on any atom is 0.0873 e. The third-order valence-electron chi connectivity index (χ3n) is 9.72. The van der Waals surface area contributed by atoms with Gasteiger partial charge in [-0.15, -0.1) is 0 Å². The van der Waals surface area contributed by atoms with Crippen molar-refractivity contribution in [3.05, 3.63) is 25.7 Å². The van der Waals surface area contributed by atoms with Crippen LogP contribution < -0.4 is 0 Å². The van der Waals surface area contributed by atoms with Crippen LogP contribution in [0.15, 0.2) is 25.7 Å². The molecule has 282 valence electrons. The van der Waals surface area contributed by atoms with Crippen molar-refractivity contribution >= 4 is 0 Å². The van der Waals surface area contributed by atoms with E-state index in [1.807, 2.05) is 0 Å². The molecule has 0 heterocycles. The monoisotopic (exact) mass is 663 g/mol. The molecule has 0 aliphatic heterocycles. The van der Waals surface area contributed by atoms with Gasteiger partial charge in [-0.3, -0.25) is 0 Å². The highest BCUT2D eigenvalue weighted by Gasteiger charge is 1.97. The average Bonchev–Trinajstić information content (AvgIpc) is 3.09. The van der Waals surface area contributed by atoms with E-state index in [0.717, 1.165) is 13.2 Å². The minimum Gasteiger partial charge on any atom is -0.502 e. The van der Waals surface area contributed by atoms with Gasteiger partial charge in [0, 0.05) is 0 Å². The second-order valence-corrected chi connectivity index (χ2v) is 14.4. The second kappa shape index (κ2) is 49.5. The Labute approximate surface area is 299 Å². The Bertz CT molecular complexity index is 530. The van der Waals surface area contributed by atoms with Gasteiger partial charge in [0.2, 0.25) is 0 Å². The van der Waals surface area contributed by atoms with E-state index in [-0.39, 0.29) is 0 Å². The van der Waals surface area contributed by atoms with Crippen LogP contribution in [0.3, 0.4) is 0 Å². The van der Waals surface area contributed by atoms with Crippen LogP contribution in [0.5, 0.6) is 0 Å². The summed E-state index contributed by atoms with van der Waals surface area (Å²) in [6.45, 7) is 13.4. The third kappa shape index (κ3) is 52.1. The van der Waals surface area contributed by atoms with Gasteiger partial charge in [-0.25, -0.2) is 0 Å². The lowest BCUT2D eigenvalue weighted by molar-refractivity contribution is 0.241. The van der Waals surface area contributed by atoms with E-state index in [9.17, 15) is 0 Å². The first-order valence-corrected chi connectivity index (χ1v) is 21.8. The lowest BCUT2D eigenvalue weighted by Crippen LogP contribution is -1.87. The van der Waals surface area contributed by atoms with Crippen LogP contribution in [0, 0.1) is 0 Å². The molecule has 0 aromatic heterocycles. The predicted octanol–water partition coefficient (Wildman–Crippen LogP) is 16.8. The van der Waals surface area contributed by atoms with Gasteiger partial charge in [0.15, 0.2) is 0 Å². The van der Waals surface area contributed by atoms with Crippen LogP contribution in [0.4, 0.5) is 0 Å². The maximum atomic E-state index is 5.13. The van der Waals surface area contributed by atoms with E-state index in [0.29, 0.717) is 0 Å². The first-order valence-electron chi connectivity index (χ1n) is 21.8. The fraction of sp³-hybridized carbons (Fsp3) is 0.911. The Morgan fingerprint density at radius 2 is 0.404 bits per heavy atom. The molecule has 0 aromatic rings. The summed E-state index contributed by atoms with van der Waals surface area (Å²) in [5.41, 5.74) is 0. The standard InChI is InChI=1S/C23H46O.C22H44O/c1-3-5-6-7-8-9-10-11-12-13-14-15-16-17-18-19-20-21-22-23-24-4-2;1-3-5-6-7-8-9-10-11-12-13-14-15-16-17-18-19-20-21-22-23-4-2/h4H,2-3,5-23H2,1H3;4H,2-3,5-22H2,1H3. The van der Waals surface area contributed by atoms with Crippen molar-refractivity contribution in [2.24, 2.45) is 0 Å².